The Kier molecular flexibility index (Phi) is 5.53. The predicted molar refractivity (Wildman–Crippen MR) is 126 cm³/mol. The molecular formula is C25H25N5O4. The van der Waals surface area contributed by atoms with Gasteiger partial charge >= 0.3 is 0 Å². The van der Waals surface area contributed by atoms with Crippen LogP contribution in [0, 0.1) is 13.8 Å². The van der Waals surface area contributed by atoms with Crippen molar-refractivity contribution in [2.75, 3.05) is 6.79 Å². The minimum Gasteiger partial charge on any atom is -0.454 e. The third-order valence-corrected chi connectivity index (χ3v) is 6.04. The van der Waals surface area contributed by atoms with Crippen molar-refractivity contribution in [3.8, 4) is 17.2 Å². The fraction of sp³-hybridized carbons (Fsp3) is 0.280. The molecule has 0 saturated heterocycles. The van der Waals surface area contributed by atoms with E-state index in [0.29, 0.717) is 41.1 Å². The van der Waals surface area contributed by atoms with Crippen LogP contribution in [0.2, 0.25) is 0 Å². The summed E-state index contributed by atoms with van der Waals surface area (Å²) in [6.45, 7) is 6.09. The summed E-state index contributed by atoms with van der Waals surface area (Å²) in [5.41, 5.74) is 3.12. The number of fused-ring (bicyclic) bond motifs is 2. The first-order valence-electron chi connectivity index (χ1n) is 11.2. The van der Waals surface area contributed by atoms with Crippen LogP contribution in [0.15, 0.2) is 53.3 Å². The van der Waals surface area contributed by atoms with Crippen LogP contribution in [0.25, 0.3) is 16.6 Å². The number of benzene rings is 2. The average molecular weight is 460 g/mol. The van der Waals surface area contributed by atoms with Crippen molar-refractivity contribution in [3.63, 3.8) is 0 Å². The summed E-state index contributed by atoms with van der Waals surface area (Å²) in [6, 6.07) is 14.4. The van der Waals surface area contributed by atoms with Crippen LogP contribution in [0.1, 0.15) is 36.3 Å². The molecule has 1 aliphatic rings. The number of amides is 1. The van der Waals surface area contributed by atoms with Crippen molar-refractivity contribution in [2.24, 2.45) is 0 Å². The third kappa shape index (κ3) is 3.68. The molecule has 0 saturated carbocycles. The lowest BCUT2D eigenvalue weighted by molar-refractivity contribution is -0.125. The number of hydrogen-bond acceptors (Lipinski definition) is 6. The Hall–Kier alpha value is -4.14. The first-order chi connectivity index (χ1) is 16.5. The Morgan fingerprint density at radius 3 is 2.62 bits per heavy atom. The summed E-state index contributed by atoms with van der Waals surface area (Å²) in [6.07, 6.45) is 0.406. The number of para-hydroxylation sites is 1. The molecule has 5 rings (SSSR count). The highest BCUT2D eigenvalue weighted by molar-refractivity contribution is 5.84. The van der Waals surface area contributed by atoms with Crippen molar-refractivity contribution in [2.45, 2.75) is 39.8 Å². The molecule has 3 heterocycles. The predicted octanol–water partition coefficient (Wildman–Crippen LogP) is 3.20. The molecule has 0 unspecified atom stereocenters. The SMILES string of the molecule is CC[C@@H](C(=O)NCc1ccc2c(c1)OCO2)n1nc(C)c2c(C)n(-c3ccccc3)nc2c1=O. The van der Waals surface area contributed by atoms with Gasteiger partial charge in [-0.2, -0.15) is 10.2 Å². The second kappa shape index (κ2) is 8.66. The van der Waals surface area contributed by atoms with Gasteiger partial charge in [-0.1, -0.05) is 31.2 Å². The zero-order valence-corrected chi connectivity index (χ0v) is 19.2. The average Bonchev–Trinajstić information content (AvgIpc) is 3.46. The van der Waals surface area contributed by atoms with Gasteiger partial charge in [0, 0.05) is 6.54 Å². The van der Waals surface area contributed by atoms with Gasteiger partial charge in [-0.15, -0.1) is 0 Å². The molecule has 2 aromatic heterocycles. The van der Waals surface area contributed by atoms with Crippen LogP contribution in [-0.2, 0) is 11.3 Å². The van der Waals surface area contributed by atoms with E-state index < -0.39 is 6.04 Å². The molecule has 0 bridgehead atoms. The summed E-state index contributed by atoms with van der Waals surface area (Å²) in [5, 5.41) is 12.7. The summed E-state index contributed by atoms with van der Waals surface area (Å²) in [4.78, 5) is 26.5. The number of aryl methyl sites for hydroxylation is 2. The van der Waals surface area contributed by atoms with Crippen molar-refractivity contribution >= 4 is 16.8 Å². The molecule has 9 heteroatoms. The molecule has 34 heavy (non-hydrogen) atoms. The van der Waals surface area contributed by atoms with Gasteiger partial charge in [0.1, 0.15) is 6.04 Å². The lowest BCUT2D eigenvalue weighted by Gasteiger charge is -2.17. The monoisotopic (exact) mass is 459 g/mol. The van der Waals surface area contributed by atoms with Crippen molar-refractivity contribution < 1.29 is 14.3 Å². The topological polar surface area (TPSA) is 100 Å². The molecule has 1 atom stereocenters. The Bertz CT molecular complexity index is 1440. The zero-order chi connectivity index (χ0) is 23.8. The zero-order valence-electron chi connectivity index (χ0n) is 19.2. The van der Waals surface area contributed by atoms with Crippen LogP contribution in [0.5, 0.6) is 11.5 Å². The standard InChI is InChI=1S/C25H25N5O4/c1-4-19(24(31)26-13-17-10-11-20-21(12-17)34-14-33-20)30-25(32)23-22(15(2)27-30)16(3)29(28-23)18-8-6-5-7-9-18/h5-12,19H,4,13-14H2,1-3H3,(H,26,31)/t19-/m0/s1. The second-order valence-corrected chi connectivity index (χ2v) is 8.22. The van der Waals surface area contributed by atoms with E-state index in [1.165, 1.54) is 4.68 Å². The lowest BCUT2D eigenvalue weighted by Crippen LogP contribution is -2.38. The van der Waals surface area contributed by atoms with Crippen LogP contribution < -0.4 is 20.3 Å². The molecule has 0 fully saturated rings. The van der Waals surface area contributed by atoms with Gasteiger partial charge in [-0.05, 0) is 50.1 Å². The number of rotatable bonds is 6. The fourth-order valence-electron chi connectivity index (χ4n) is 4.31. The Balaban J connectivity index is 1.45. The Morgan fingerprint density at radius 2 is 1.85 bits per heavy atom. The van der Waals surface area contributed by atoms with Gasteiger partial charge in [0.05, 0.1) is 22.5 Å². The normalized spacial score (nSPS) is 13.3. The van der Waals surface area contributed by atoms with Gasteiger partial charge in [0.25, 0.3) is 5.56 Å². The summed E-state index contributed by atoms with van der Waals surface area (Å²) < 4.78 is 13.7. The molecule has 174 valence electrons. The van der Waals surface area contributed by atoms with Crippen LogP contribution in [-0.4, -0.2) is 32.3 Å². The molecule has 0 spiro atoms. The largest absolute Gasteiger partial charge is 0.454 e. The molecule has 4 aromatic rings. The number of carbonyl (C=O) groups is 1. The van der Waals surface area contributed by atoms with E-state index in [9.17, 15) is 9.59 Å². The molecular weight excluding hydrogens is 434 g/mol. The quantitative estimate of drug-likeness (QED) is 0.475. The van der Waals surface area contributed by atoms with Crippen molar-refractivity contribution in [3.05, 3.63) is 75.8 Å². The second-order valence-electron chi connectivity index (χ2n) is 8.22. The van der Waals surface area contributed by atoms with Crippen LogP contribution >= 0.6 is 0 Å². The maximum atomic E-state index is 13.4. The number of hydrogen-bond donors (Lipinski definition) is 1. The molecule has 0 aliphatic carbocycles. The summed E-state index contributed by atoms with van der Waals surface area (Å²) in [5.74, 6) is 1.06. The first-order valence-corrected chi connectivity index (χ1v) is 11.2. The van der Waals surface area contributed by atoms with Gasteiger partial charge in [-0.3, -0.25) is 9.59 Å². The smallest absolute Gasteiger partial charge is 0.295 e. The summed E-state index contributed by atoms with van der Waals surface area (Å²) in [7, 11) is 0. The van der Waals surface area contributed by atoms with E-state index in [0.717, 1.165) is 16.9 Å². The number of nitrogens with zero attached hydrogens (tertiary/aromatic N) is 4. The Labute approximate surface area is 195 Å². The Morgan fingerprint density at radius 1 is 1.09 bits per heavy atom. The van der Waals surface area contributed by atoms with E-state index in [2.05, 4.69) is 15.5 Å². The highest BCUT2D eigenvalue weighted by atomic mass is 16.7. The van der Waals surface area contributed by atoms with E-state index in [-0.39, 0.29) is 18.3 Å². The third-order valence-electron chi connectivity index (χ3n) is 6.04. The highest BCUT2D eigenvalue weighted by Gasteiger charge is 2.25. The minimum absolute atomic E-state index is 0.193. The highest BCUT2D eigenvalue weighted by Crippen LogP contribution is 2.32. The van der Waals surface area contributed by atoms with Gasteiger partial charge < -0.3 is 14.8 Å². The van der Waals surface area contributed by atoms with Gasteiger partial charge in [0.2, 0.25) is 12.7 Å². The first kappa shape index (κ1) is 21.7. The summed E-state index contributed by atoms with van der Waals surface area (Å²) >= 11 is 0. The number of aromatic nitrogens is 4. The molecule has 0 radical (unpaired) electrons. The van der Waals surface area contributed by atoms with E-state index >= 15 is 0 Å². The molecule has 9 nitrogen and oxygen atoms in total. The van der Waals surface area contributed by atoms with Gasteiger partial charge in [0.15, 0.2) is 17.0 Å². The molecule has 1 amide bonds. The minimum atomic E-state index is -0.758. The maximum absolute atomic E-state index is 13.4. The van der Waals surface area contributed by atoms with Crippen molar-refractivity contribution in [1.29, 1.82) is 0 Å². The van der Waals surface area contributed by atoms with Crippen molar-refractivity contribution in [1.82, 2.24) is 24.9 Å². The fourth-order valence-corrected chi connectivity index (χ4v) is 4.31. The molecule has 2 aromatic carbocycles. The lowest BCUT2D eigenvalue weighted by atomic mass is 10.1. The van der Waals surface area contributed by atoms with E-state index in [1.54, 1.807) is 4.68 Å². The molecule has 1 aliphatic heterocycles. The van der Waals surface area contributed by atoms with E-state index in [1.807, 2.05) is 69.3 Å². The van der Waals surface area contributed by atoms with Gasteiger partial charge in [-0.25, -0.2) is 9.36 Å². The van der Waals surface area contributed by atoms with Crippen LogP contribution in [0.3, 0.4) is 0 Å². The number of nitrogens with one attached hydrogen (secondary N) is 1. The van der Waals surface area contributed by atoms with Crippen LogP contribution in [0.4, 0.5) is 0 Å². The maximum Gasteiger partial charge on any atom is 0.295 e. The van der Waals surface area contributed by atoms with E-state index in [4.69, 9.17) is 9.47 Å². The molecule has 1 N–H and O–H groups in total. The number of carbonyl (C=O) groups excluding carboxylic acids is 1. The number of ether oxygens (including phenoxy) is 2.